The molecular formula is C12H19N3O. The van der Waals surface area contributed by atoms with Crippen LogP contribution >= 0.6 is 0 Å². The molecule has 0 saturated heterocycles. The third kappa shape index (κ3) is 3.53. The number of anilines is 1. The number of carbonyl (C=O) groups is 1. The second-order valence-corrected chi connectivity index (χ2v) is 4.56. The summed E-state index contributed by atoms with van der Waals surface area (Å²) in [6.45, 7) is 6.10. The lowest BCUT2D eigenvalue weighted by Crippen LogP contribution is -2.43. The fourth-order valence-electron chi connectivity index (χ4n) is 1.60. The summed E-state index contributed by atoms with van der Waals surface area (Å²) in [5, 5.41) is 2.95. The number of rotatable bonds is 4. The number of nitrogens with two attached hydrogens (primary N) is 1. The van der Waals surface area contributed by atoms with E-state index in [0.29, 0.717) is 11.4 Å². The lowest BCUT2D eigenvalue weighted by Gasteiger charge is -2.25. The van der Waals surface area contributed by atoms with Crippen LogP contribution in [0.1, 0.15) is 44.1 Å². The van der Waals surface area contributed by atoms with Crippen LogP contribution < -0.4 is 11.1 Å². The first-order valence-corrected chi connectivity index (χ1v) is 5.48. The molecule has 1 heterocycles. The maximum Gasteiger partial charge on any atom is 0.270 e. The third-order valence-corrected chi connectivity index (χ3v) is 2.35. The number of aromatic nitrogens is 1. The minimum Gasteiger partial charge on any atom is -0.397 e. The lowest BCUT2D eigenvalue weighted by molar-refractivity contribution is 0.0904. The van der Waals surface area contributed by atoms with Gasteiger partial charge in [0.1, 0.15) is 5.69 Å². The average Bonchev–Trinajstić information content (AvgIpc) is 2.17. The van der Waals surface area contributed by atoms with Crippen LogP contribution in [0.3, 0.4) is 0 Å². The number of nitrogen functional groups attached to an aromatic ring is 1. The Labute approximate surface area is 96.3 Å². The van der Waals surface area contributed by atoms with Crippen LogP contribution in [0.5, 0.6) is 0 Å². The topological polar surface area (TPSA) is 68.0 Å². The maximum atomic E-state index is 11.8. The summed E-state index contributed by atoms with van der Waals surface area (Å²) in [4.78, 5) is 15.8. The quantitative estimate of drug-likeness (QED) is 0.816. The first-order chi connectivity index (χ1) is 7.44. The van der Waals surface area contributed by atoms with Crippen LogP contribution in [-0.4, -0.2) is 16.4 Å². The fourth-order valence-corrected chi connectivity index (χ4v) is 1.60. The second kappa shape index (κ2) is 4.96. The Kier molecular flexibility index (Phi) is 3.88. The Morgan fingerprint density at radius 2 is 2.19 bits per heavy atom. The molecule has 4 heteroatoms. The summed E-state index contributed by atoms with van der Waals surface area (Å²) in [6.07, 6.45) is 3.46. The monoisotopic (exact) mass is 221 g/mol. The van der Waals surface area contributed by atoms with Crippen LogP contribution in [0.15, 0.2) is 18.3 Å². The van der Waals surface area contributed by atoms with Crippen molar-refractivity contribution < 1.29 is 4.79 Å². The molecule has 0 fully saturated rings. The summed E-state index contributed by atoms with van der Waals surface area (Å²) in [7, 11) is 0. The van der Waals surface area contributed by atoms with Gasteiger partial charge in [0, 0.05) is 5.54 Å². The fraction of sp³-hybridized carbons (Fsp3) is 0.500. The van der Waals surface area contributed by atoms with Crippen molar-refractivity contribution in [3.63, 3.8) is 0 Å². The molecule has 0 atom stereocenters. The predicted molar refractivity (Wildman–Crippen MR) is 65.1 cm³/mol. The molecule has 1 aromatic heterocycles. The molecule has 1 rings (SSSR count). The molecule has 0 bridgehead atoms. The van der Waals surface area contributed by atoms with E-state index < -0.39 is 0 Å². The van der Waals surface area contributed by atoms with E-state index in [9.17, 15) is 4.79 Å². The number of amides is 1. The molecule has 0 aliphatic rings. The number of nitrogens with zero attached hydrogens (tertiary/aromatic N) is 1. The van der Waals surface area contributed by atoms with Crippen LogP contribution in [-0.2, 0) is 0 Å². The van der Waals surface area contributed by atoms with Crippen LogP contribution in [0.4, 0.5) is 5.69 Å². The molecule has 0 aliphatic carbocycles. The SMILES string of the molecule is CCCC(C)(C)NC(=O)c1ccc(N)cn1. The Balaban J connectivity index is 2.69. The molecule has 0 radical (unpaired) electrons. The zero-order valence-electron chi connectivity index (χ0n) is 10.1. The third-order valence-electron chi connectivity index (χ3n) is 2.35. The van der Waals surface area contributed by atoms with Crippen LogP contribution in [0, 0.1) is 0 Å². The second-order valence-electron chi connectivity index (χ2n) is 4.56. The molecule has 0 saturated carbocycles. The molecule has 88 valence electrons. The van der Waals surface area contributed by atoms with Crippen molar-refractivity contribution in [2.24, 2.45) is 0 Å². The predicted octanol–water partition coefficient (Wildman–Crippen LogP) is 1.97. The van der Waals surface area contributed by atoms with Gasteiger partial charge in [0.15, 0.2) is 0 Å². The Bertz CT molecular complexity index is 357. The van der Waals surface area contributed by atoms with Gasteiger partial charge >= 0.3 is 0 Å². The van der Waals surface area contributed by atoms with E-state index in [1.54, 1.807) is 12.1 Å². The smallest absolute Gasteiger partial charge is 0.270 e. The molecular weight excluding hydrogens is 202 g/mol. The number of carbonyl (C=O) groups excluding carboxylic acids is 1. The highest BCUT2D eigenvalue weighted by Gasteiger charge is 2.20. The van der Waals surface area contributed by atoms with Crippen LogP contribution in [0.25, 0.3) is 0 Å². The van der Waals surface area contributed by atoms with Gasteiger partial charge in [0.2, 0.25) is 0 Å². The highest BCUT2D eigenvalue weighted by atomic mass is 16.2. The molecule has 0 aromatic carbocycles. The highest BCUT2D eigenvalue weighted by Crippen LogP contribution is 2.12. The van der Waals surface area contributed by atoms with Crippen molar-refractivity contribution >= 4 is 11.6 Å². The zero-order chi connectivity index (χ0) is 12.2. The van der Waals surface area contributed by atoms with E-state index in [1.165, 1.54) is 6.20 Å². The van der Waals surface area contributed by atoms with E-state index in [-0.39, 0.29) is 11.4 Å². The number of nitrogens with one attached hydrogen (secondary N) is 1. The van der Waals surface area contributed by atoms with E-state index in [4.69, 9.17) is 5.73 Å². The normalized spacial score (nSPS) is 11.2. The van der Waals surface area contributed by atoms with Crippen molar-refractivity contribution in [2.75, 3.05) is 5.73 Å². The van der Waals surface area contributed by atoms with Gasteiger partial charge in [-0.25, -0.2) is 4.98 Å². The van der Waals surface area contributed by atoms with Crippen molar-refractivity contribution in [1.82, 2.24) is 10.3 Å². The molecule has 1 aromatic rings. The van der Waals surface area contributed by atoms with Crippen molar-refractivity contribution in [3.05, 3.63) is 24.0 Å². The molecule has 16 heavy (non-hydrogen) atoms. The van der Waals surface area contributed by atoms with Crippen molar-refractivity contribution in [1.29, 1.82) is 0 Å². The molecule has 0 spiro atoms. The van der Waals surface area contributed by atoms with Gasteiger partial charge in [0.25, 0.3) is 5.91 Å². The van der Waals surface area contributed by atoms with Gasteiger partial charge in [-0.3, -0.25) is 4.79 Å². The van der Waals surface area contributed by atoms with Gasteiger partial charge in [-0.1, -0.05) is 13.3 Å². The minimum absolute atomic E-state index is 0.154. The highest BCUT2D eigenvalue weighted by molar-refractivity contribution is 5.92. The van der Waals surface area contributed by atoms with Gasteiger partial charge in [-0.15, -0.1) is 0 Å². The Morgan fingerprint density at radius 1 is 1.50 bits per heavy atom. The summed E-state index contributed by atoms with van der Waals surface area (Å²) in [5.74, 6) is -0.154. The van der Waals surface area contributed by atoms with E-state index >= 15 is 0 Å². The number of pyridine rings is 1. The first kappa shape index (κ1) is 12.5. The van der Waals surface area contributed by atoms with Gasteiger partial charge in [0.05, 0.1) is 11.9 Å². The minimum atomic E-state index is -0.200. The van der Waals surface area contributed by atoms with Crippen molar-refractivity contribution in [2.45, 2.75) is 39.2 Å². The average molecular weight is 221 g/mol. The van der Waals surface area contributed by atoms with Crippen LogP contribution in [0.2, 0.25) is 0 Å². The van der Waals surface area contributed by atoms with E-state index in [2.05, 4.69) is 17.2 Å². The number of hydrogen-bond donors (Lipinski definition) is 2. The standard InChI is InChI=1S/C12H19N3O/c1-4-7-12(2,3)15-11(16)10-6-5-9(13)8-14-10/h5-6,8H,4,7,13H2,1-3H3,(H,15,16). The van der Waals surface area contributed by atoms with Gasteiger partial charge in [-0.2, -0.15) is 0 Å². The summed E-state index contributed by atoms with van der Waals surface area (Å²) in [5.41, 5.74) is 6.27. The molecule has 0 unspecified atom stereocenters. The molecule has 0 aliphatic heterocycles. The largest absolute Gasteiger partial charge is 0.397 e. The molecule has 4 nitrogen and oxygen atoms in total. The first-order valence-electron chi connectivity index (χ1n) is 5.48. The lowest BCUT2D eigenvalue weighted by atomic mass is 9.99. The molecule has 3 N–H and O–H groups in total. The number of hydrogen-bond acceptors (Lipinski definition) is 3. The Morgan fingerprint density at radius 3 is 2.69 bits per heavy atom. The van der Waals surface area contributed by atoms with E-state index in [0.717, 1.165) is 12.8 Å². The Hall–Kier alpha value is -1.58. The maximum absolute atomic E-state index is 11.8. The van der Waals surface area contributed by atoms with Crippen molar-refractivity contribution in [3.8, 4) is 0 Å². The summed E-state index contributed by atoms with van der Waals surface area (Å²) < 4.78 is 0. The van der Waals surface area contributed by atoms with E-state index in [1.807, 2.05) is 13.8 Å². The summed E-state index contributed by atoms with van der Waals surface area (Å²) >= 11 is 0. The molecule has 1 amide bonds. The van der Waals surface area contributed by atoms with Gasteiger partial charge in [-0.05, 0) is 32.4 Å². The zero-order valence-corrected chi connectivity index (χ0v) is 10.1. The van der Waals surface area contributed by atoms with Gasteiger partial charge < -0.3 is 11.1 Å². The summed E-state index contributed by atoms with van der Waals surface area (Å²) in [6, 6.07) is 3.31.